The highest BCUT2D eigenvalue weighted by Crippen LogP contribution is 2.29. The van der Waals surface area contributed by atoms with Gasteiger partial charge in [-0.3, -0.25) is 4.79 Å². The van der Waals surface area contributed by atoms with Crippen molar-refractivity contribution in [1.82, 2.24) is 0 Å². The van der Waals surface area contributed by atoms with Crippen LogP contribution in [0.2, 0.25) is 0 Å². The predicted molar refractivity (Wildman–Crippen MR) is 76.2 cm³/mol. The van der Waals surface area contributed by atoms with E-state index in [1.807, 2.05) is 67.6 Å². The summed E-state index contributed by atoms with van der Waals surface area (Å²) < 4.78 is 0. The summed E-state index contributed by atoms with van der Waals surface area (Å²) in [5, 5.41) is 5.89. The lowest BCUT2D eigenvalue weighted by Crippen LogP contribution is -2.25. The number of carbonyl (C=O) groups is 1. The average Bonchev–Trinajstić information content (AvgIpc) is 2.76. The fourth-order valence-electron chi connectivity index (χ4n) is 2.35. The number of para-hydroxylation sites is 1. The van der Waals surface area contributed by atoms with Gasteiger partial charge in [-0.2, -0.15) is 10.1 Å². The van der Waals surface area contributed by atoms with E-state index in [9.17, 15) is 4.79 Å². The third-order valence-corrected chi connectivity index (χ3v) is 3.26. The molecule has 0 unspecified atom stereocenters. The Labute approximate surface area is 112 Å². The van der Waals surface area contributed by atoms with Crippen molar-refractivity contribution in [1.29, 1.82) is 0 Å². The van der Waals surface area contributed by atoms with E-state index >= 15 is 0 Å². The molecule has 0 saturated heterocycles. The van der Waals surface area contributed by atoms with Gasteiger partial charge in [0.05, 0.1) is 11.4 Å². The Morgan fingerprint density at radius 3 is 2.16 bits per heavy atom. The molecule has 2 aromatic rings. The van der Waals surface area contributed by atoms with Gasteiger partial charge in [0, 0.05) is 0 Å². The van der Waals surface area contributed by atoms with Crippen molar-refractivity contribution in [2.45, 2.75) is 12.8 Å². The molecule has 1 amide bonds. The van der Waals surface area contributed by atoms with Crippen molar-refractivity contribution in [2.75, 3.05) is 5.01 Å². The van der Waals surface area contributed by atoms with Gasteiger partial charge < -0.3 is 0 Å². The smallest absolute Gasteiger partial charge is 0.260 e. The molecule has 1 aliphatic rings. The molecule has 2 aromatic carbocycles. The third-order valence-electron chi connectivity index (χ3n) is 3.26. The Bertz CT molecular complexity index is 620. The van der Waals surface area contributed by atoms with E-state index in [0.29, 0.717) is 0 Å². The van der Waals surface area contributed by atoms with E-state index in [1.54, 1.807) is 0 Å². The van der Waals surface area contributed by atoms with Crippen molar-refractivity contribution >= 4 is 17.3 Å². The predicted octanol–water partition coefficient (Wildman–Crippen LogP) is 3.19. The summed E-state index contributed by atoms with van der Waals surface area (Å²) in [6, 6.07) is 19.3. The van der Waals surface area contributed by atoms with Gasteiger partial charge in [0.1, 0.15) is 5.92 Å². The van der Waals surface area contributed by atoms with Crippen LogP contribution in [0.5, 0.6) is 0 Å². The van der Waals surface area contributed by atoms with Crippen molar-refractivity contribution in [3.8, 4) is 0 Å². The zero-order valence-electron chi connectivity index (χ0n) is 10.7. The molecule has 3 heteroatoms. The van der Waals surface area contributed by atoms with Gasteiger partial charge in [-0.15, -0.1) is 0 Å². The fourth-order valence-corrected chi connectivity index (χ4v) is 2.35. The van der Waals surface area contributed by atoms with Gasteiger partial charge in [-0.05, 0) is 24.6 Å². The molecule has 19 heavy (non-hydrogen) atoms. The number of hydrogen-bond donors (Lipinski definition) is 0. The second-order valence-electron chi connectivity index (χ2n) is 4.57. The standard InChI is InChI=1S/C16H14N2O/c1-12-15(13-8-4-2-5-9-13)16(19)18(17-12)14-10-6-3-7-11-14/h2-11,15H,1H3/t15-/m1/s1. The first-order chi connectivity index (χ1) is 9.27. The lowest BCUT2D eigenvalue weighted by Gasteiger charge is -2.14. The Morgan fingerprint density at radius 1 is 0.947 bits per heavy atom. The molecule has 1 heterocycles. The number of benzene rings is 2. The van der Waals surface area contributed by atoms with Crippen LogP contribution >= 0.6 is 0 Å². The first kappa shape index (κ1) is 11.7. The van der Waals surface area contributed by atoms with Crippen LogP contribution in [-0.4, -0.2) is 11.6 Å². The topological polar surface area (TPSA) is 32.7 Å². The second kappa shape index (κ2) is 4.69. The highest BCUT2D eigenvalue weighted by molar-refractivity contribution is 6.18. The lowest BCUT2D eigenvalue weighted by molar-refractivity contribution is -0.118. The highest BCUT2D eigenvalue weighted by atomic mass is 16.2. The maximum Gasteiger partial charge on any atom is 0.260 e. The summed E-state index contributed by atoms with van der Waals surface area (Å²) in [4.78, 5) is 12.5. The second-order valence-corrected chi connectivity index (χ2v) is 4.57. The molecule has 0 aliphatic carbocycles. The Kier molecular flexibility index (Phi) is 2.88. The number of rotatable bonds is 2. The van der Waals surface area contributed by atoms with Gasteiger partial charge in [0.2, 0.25) is 0 Å². The van der Waals surface area contributed by atoms with E-state index in [1.165, 1.54) is 5.01 Å². The molecule has 0 aromatic heterocycles. The highest BCUT2D eigenvalue weighted by Gasteiger charge is 2.35. The van der Waals surface area contributed by atoms with Crippen LogP contribution in [0.3, 0.4) is 0 Å². The van der Waals surface area contributed by atoms with E-state index in [0.717, 1.165) is 17.0 Å². The van der Waals surface area contributed by atoms with Crippen LogP contribution in [0.15, 0.2) is 65.8 Å². The molecular formula is C16H14N2O. The first-order valence-electron chi connectivity index (χ1n) is 6.26. The third kappa shape index (κ3) is 2.03. The summed E-state index contributed by atoms with van der Waals surface area (Å²) in [5.41, 5.74) is 2.64. The number of carbonyl (C=O) groups excluding carboxylic acids is 1. The maximum atomic E-state index is 12.5. The Balaban J connectivity index is 1.96. The SMILES string of the molecule is CC1=NN(c2ccccc2)C(=O)[C@H]1c1ccccc1. The van der Waals surface area contributed by atoms with E-state index in [2.05, 4.69) is 5.10 Å². The molecule has 0 radical (unpaired) electrons. The van der Waals surface area contributed by atoms with Crippen LogP contribution < -0.4 is 5.01 Å². The fraction of sp³-hybridized carbons (Fsp3) is 0.125. The van der Waals surface area contributed by atoms with Crippen LogP contribution in [0, 0.1) is 0 Å². The Morgan fingerprint density at radius 2 is 1.53 bits per heavy atom. The lowest BCUT2D eigenvalue weighted by atomic mass is 9.95. The van der Waals surface area contributed by atoms with E-state index in [4.69, 9.17) is 0 Å². The molecule has 0 spiro atoms. The van der Waals surface area contributed by atoms with Gasteiger partial charge >= 0.3 is 0 Å². The molecular weight excluding hydrogens is 236 g/mol. The van der Waals surface area contributed by atoms with Gasteiger partial charge in [-0.25, -0.2) is 0 Å². The number of hydrazone groups is 1. The minimum absolute atomic E-state index is 0.00917. The van der Waals surface area contributed by atoms with Crippen molar-refractivity contribution in [3.05, 3.63) is 66.2 Å². The van der Waals surface area contributed by atoms with Crippen molar-refractivity contribution in [2.24, 2.45) is 5.10 Å². The number of anilines is 1. The summed E-state index contributed by atoms with van der Waals surface area (Å²) in [6.07, 6.45) is 0. The summed E-state index contributed by atoms with van der Waals surface area (Å²) in [7, 11) is 0. The van der Waals surface area contributed by atoms with Crippen LogP contribution in [0.25, 0.3) is 0 Å². The van der Waals surface area contributed by atoms with E-state index < -0.39 is 0 Å². The average molecular weight is 250 g/mol. The molecule has 1 aliphatic heterocycles. The largest absolute Gasteiger partial charge is 0.271 e. The van der Waals surface area contributed by atoms with Gasteiger partial charge in [0.15, 0.2) is 0 Å². The molecule has 94 valence electrons. The molecule has 0 bridgehead atoms. The van der Waals surface area contributed by atoms with E-state index in [-0.39, 0.29) is 11.8 Å². The summed E-state index contributed by atoms with van der Waals surface area (Å²) in [6.45, 7) is 1.90. The van der Waals surface area contributed by atoms with Gasteiger partial charge in [0.25, 0.3) is 5.91 Å². The normalized spacial score (nSPS) is 18.6. The molecule has 1 atom stereocenters. The summed E-state index contributed by atoms with van der Waals surface area (Å²) >= 11 is 0. The zero-order valence-corrected chi connectivity index (χ0v) is 10.7. The molecule has 3 nitrogen and oxygen atoms in total. The number of nitrogens with zero attached hydrogens (tertiary/aromatic N) is 2. The van der Waals surface area contributed by atoms with Crippen LogP contribution in [-0.2, 0) is 4.79 Å². The van der Waals surface area contributed by atoms with Crippen LogP contribution in [0.4, 0.5) is 5.69 Å². The molecule has 3 rings (SSSR count). The monoisotopic (exact) mass is 250 g/mol. The number of amides is 1. The quantitative estimate of drug-likeness (QED) is 0.805. The Hall–Kier alpha value is -2.42. The molecule has 0 saturated carbocycles. The minimum atomic E-state index is -0.263. The van der Waals surface area contributed by atoms with Crippen molar-refractivity contribution < 1.29 is 4.79 Å². The summed E-state index contributed by atoms with van der Waals surface area (Å²) in [5.74, 6) is -0.253. The maximum absolute atomic E-state index is 12.5. The van der Waals surface area contributed by atoms with Crippen LogP contribution in [0.1, 0.15) is 18.4 Å². The first-order valence-corrected chi connectivity index (χ1v) is 6.26. The number of hydrogen-bond acceptors (Lipinski definition) is 2. The molecule has 0 fully saturated rings. The van der Waals surface area contributed by atoms with Crippen molar-refractivity contribution in [3.63, 3.8) is 0 Å². The molecule has 0 N–H and O–H groups in total. The minimum Gasteiger partial charge on any atom is -0.271 e. The zero-order chi connectivity index (χ0) is 13.2. The van der Waals surface area contributed by atoms with Gasteiger partial charge in [-0.1, -0.05) is 48.5 Å².